The number of nitrogens with one attached hydrogen (secondary N) is 1. The van der Waals surface area contributed by atoms with Gasteiger partial charge in [-0.05, 0) is 30.2 Å². The Bertz CT molecular complexity index is 779. The molecule has 0 amide bonds. The van der Waals surface area contributed by atoms with E-state index in [1.807, 2.05) is 0 Å². The number of aliphatic hydroxyl groups excluding tert-OH is 3. The highest BCUT2D eigenvalue weighted by atomic mass is 19.2. The zero-order valence-electron chi connectivity index (χ0n) is 13.8. The SMILES string of the molecule is Nc1nccc(CN[C@@H]2C[C@H]([C@@H](O)c3ccc(F)c(F)c3)[C@@H](O)[C@H]2O)n1. The third-order valence-corrected chi connectivity index (χ3v) is 4.69. The van der Waals surface area contributed by atoms with Crippen molar-refractivity contribution in [2.45, 2.75) is 37.3 Å². The first kappa shape index (κ1) is 18.6. The average molecular weight is 366 g/mol. The van der Waals surface area contributed by atoms with Crippen LogP contribution < -0.4 is 11.1 Å². The molecule has 6 N–H and O–H groups in total. The number of aromatic nitrogens is 2. The minimum absolute atomic E-state index is 0.128. The lowest BCUT2D eigenvalue weighted by molar-refractivity contribution is -0.0247. The summed E-state index contributed by atoms with van der Waals surface area (Å²) in [6.45, 7) is 0.287. The first-order valence-corrected chi connectivity index (χ1v) is 8.16. The number of nitrogens with two attached hydrogens (primary N) is 1. The van der Waals surface area contributed by atoms with Crippen LogP contribution >= 0.6 is 0 Å². The lowest BCUT2D eigenvalue weighted by Crippen LogP contribution is -2.40. The van der Waals surface area contributed by atoms with Crippen molar-refractivity contribution >= 4 is 5.95 Å². The van der Waals surface area contributed by atoms with Gasteiger partial charge in [-0.25, -0.2) is 18.7 Å². The van der Waals surface area contributed by atoms with Crippen molar-refractivity contribution in [3.05, 3.63) is 53.4 Å². The maximum absolute atomic E-state index is 13.4. The molecule has 26 heavy (non-hydrogen) atoms. The van der Waals surface area contributed by atoms with E-state index in [9.17, 15) is 24.1 Å². The number of halogens is 2. The van der Waals surface area contributed by atoms with Gasteiger partial charge in [-0.1, -0.05) is 6.07 Å². The van der Waals surface area contributed by atoms with Crippen molar-refractivity contribution in [1.82, 2.24) is 15.3 Å². The fourth-order valence-electron chi connectivity index (χ4n) is 3.27. The van der Waals surface area contributed by atoms with Crippen LogP contribution in [0.3, 0.4) is 0 Å². The van der Waals surface area contributed by atoms with Gasteiger partial charge in [0.15, 0.2) is 11.6 Å². The Kier molecular flexibility index (Phi) is 5.42. The number of nitrogen functional groups attached to an aromatic ring is 1. The van der Waals surface area contributed by atoms with Crippen molar-refractivity contribution in [3.63, 3.8) is 0 Å². The molecular formula is C17H20F2N4O3. The number of hydrogen-bond acceptors (Lipinski definition) is 7. The van der Waals surface area contributed by atoms with Crippen molar-refractivity contribution in [1.29, 1.82) is 0 Å². The van der Waals surface area contributed by atoms with Gasteiger partial charge in [0.1, 0.15) is 0 Å². The molecule has 0 aliphatic heterocycles. The maximum Gasteiger partial charge on any atom is 0.220 e. The quantitative estimate of drug-likeness (QED) is 0.514. The fourth-order valence-corrected chi connectivity index (χ4v) is 3.27. The second kappa shape index (κ2) is 7.58. The highest BCUT2D eigenvalue weighted by molar-refractivity contribution is 5.22. The van der Waals surface area contributed by atoms with E-state index < -0.39 is 41.9 Å². The molecule has 0 radical (unpaired) electrons. The van der Waals surface area contributed by atoms with E-state index >= 15 is 0 Å². The van der Waals surface area contributed by atoms with Gasteiger partial charge >= 0.3 is 0 Å². The summed E-state index contributed by atoms with van der Waals surface area (Å²) >= 11 is 0. The predicted molar refractivity (Wildman–Crippen MR) is 88.5 cm³/mol. The van der Waals surface area contributed by atoms with Crippen molar-refractivity contribution < 1.29 is 24.1 Å². The van der Waals surface area contributed by atoms with Crippen LogP contribution in [-0.2, 0) is 6.54 Å². The topological polar surface area (TPSA) is 125 Å². The van der Waals surface area contributed by atoms with Crippen LogP contribution in [-0.4, -0.2) is 43.5 Å². The molecule has 3 rings (SSSR count). The molecular weight excluding hydrogens is 346 g/mol. The standard InChI is InChI=1S/C17H20F2N4O3/c18-11-2-1-8(5-12(11)19)14(24)10-6-13(16(26)15(10)25)22-7-9-3-4-21-17(20)23-9/h1-5,10,13-16,22,24-26H,6-7H2,(H2,20,21,23)/t10-,13-,14+,15-,16+/m1/s1. The largest absolute Gasteiger partial charge is 0.390 e. The monoisotopic (exact) mass is 366 g/mol. The van der Waals surface area contributed by atoms with Gasteiger partial charge in [0, 0.05) is 24.7 Å². The number of rotatable bonds is 5. The van der Waals surface area contributed by atoms with Gasteiger partial charge in [-0.2, -0.15) is 0 Å². The van der Waals surface area contributed by atoms with E-state index in [-0.39, 0.29) is 24.5 Å². The number of anilines is 1. The summed E-state index contributed by atoms with van der Waals surface area (Å²) < 4.78 is 26.4. The zero-order valence-corrected chi connectivity index (χ0v) is 13.8. The summed E-state index contributed by atoms with van der Waals surface area (Å²) in [6, 6.07) is 4.22. The lowest BCUT2D eigenvalue weighted by Gasteiger charge is -2.22. The molecule has 0 spiro atoms. The summed E-state index contributed by atoms with van der Waals surface area (Å²) in [5.41, 5.74) is 6.27. The fraction of sp³-hybridized carbons (Fsp3) is 0.412. The number of hydrogen-bond donors (Lipinski definition) is 5. The summed E-state index contributed by atoms with van der Waals surface area (Å²) in [7, 11) is 0. The molecule has 1 aromatic heterocycles. The number of benzene rings is 1. The number of aliphatic hydroxyl groups is 3. The summed E-state index contributed by atoms with van der Waals surface area (Å²) in [4.78, 5) is 7.82. The Hall–Kier alpha value is -2.20. The van der Waals surface area contributed by atoms with Gasteiger partial charge in [-0.15, -0.1) is 0 Å². The molecule has 5 atom stereocenters. The number of nitrogens with zero attached hydrogens (tertiary/aromatic N) is 2. The molecule has 1 aliphatic carbocycles. The lowest BCUT2D eigenvalue weighted by atomic mass is 9.92. The van der Waals surface area contributed by atoms with Crippen LogP contribution in [0.4, 0.5) is 14.7 Å². The van der Waals surface area contributed by atoms with E-state index in [1.165, 1.54) is 12.3 Å². The zero-order chi connectivity index (χ0) is 18.8. The van der Waals surface area contributed by atoms with Crippen LogP contribution in [0.5, 0.6) is 0 Å². The van der Waals surface area contributed by atoms with Gasteiger partial charge in [-0.3, -0.25) is 0 Å². The molecule has 0 saturated heterocycles. The minimum atomic E-state index is -1.24. The average Bonchev–Trinajstić information content (AvgIpc) is 2.90. The molecule has 0 unspecified atom stereocenters. The molecule has 1 saturated carbocycles. The molecule has 1 aromatic carbocycles. The molecule has 1 fully saturated rings. The minimum Gasteiger partial charge on any atom is -0.390 e. The molecule has 7 nitrogen and oxygen atoms in total. The van der Waals surface area contributed by atoms with Crippen LogP contribution in [0.25, 0.3) is 0 Å². The smallest absolute Gasteiger partial charge is 0.220 e. The Morgan fingerprint density at radius 1 is 1.19 bits per heavy atom. The predicted octanol–water partition coefficient (Wildman–Crippen LogP) is 0.271. The normalized spacial score (nSPS) is 26.8. The van der Waals surface area contributed by atoms with Crippen molar-refractivity contribution in [2.75, 3.05) is 5.73 Å². The second-order valence-electron chi connectivity index (χ2n) is 6.39. The van der Waals surface area contributed by atoms with Crippen LogP contribution in [0.2, 0.25) is 0 Å². The van der Waals surface area contributed by atoms with Gasteiger partial charge < -0.3 is 26.4 Å². The van der Waals surface area contributed by atoms with Gasteiger partial charge in [0.05, 0.1) is 24.0 Å². The Morgan fingerprint density at radius 3 is 2.65 bits per heavy atom. The van der Waals surface area contributed by atoms with E-state index in [2.05, 4.69) is 15.3 Å². The van der Waals surface area contributed by atoms with Crippen molar-refractivity contribution in [2.24, 2.45) is 5.92 Å². The highest BCUT2D eigenvalue weighted by Crippen LogP contribution is 2.37. The van der Waals surface area contributed by atoms with Crippen LogP contribution in [0, 0.1) is 17.6 Å². The molecule has 9 heteroatoms. The van der Waals surface area contributed by atoms with Crippen LogP contribution in [0.1, 0.15) is 23.8 Å². The third-order valence-electron chi connectivity index (χ3n) is 4.69. The second-order valence-corrected chi connectivity index (χ2v) is 6.39. The molecule has 140 valence electrons. The Balaban J connectivity index is 1.67. The van der Waals surface area contributed by atoms with E-state index in [0.29, 0.717) is 5.69 Å². The molecule has 1 heterocycles. The highest BCUT2D eigenvalue weighted by Gasteiger charge is 2.44. The van der Waals surface area contributed by atoms with Gasteiger partial charge in [0.2, 0.25) is 5.95 Å². The van der Waals surface area contributed by atoms with Crippen LogP contribution in [0.15, 0.2) is 30.5 Å². The summed E-state index contributed by atoms with van der Waals surface area (Å²) in [6.07, 6.45) is -1.83. The van der Waals surface area contributed by atoms with Crippen molar-refractivity contribution in [3.8, 4) is 0 Å². The summed E-state index contributed by atoms with van der Waals surface area (Å²) in [5, 5.41) is 34.0. The molecule has 2 aromatic rings. The molecule has 1 aliphatic rings. The summed E-state index contributed by atoms with van der Waals surface area (Å²) in [5.74, 6) is -2.70. The maximum atomic E-state index is 13.4. The third kappa shape index (κ3) is 3.80. The first-order chi connectivity index (χ1) is 12.4. The van der Waals surface area contributed by atoms with E-state index in [4.69, 9.17) is 5.73 Å². The van der Waals surface area contributed by atoms with Gasteiger partial charge in [0.25, 0.3) is 0 Å². The Morgan fingerprint density at radius 2 is 1.96 bits per heavy atom. The molecule has 0 bridgehead atoms. The Labute approximate surface area is 148 Å². The van der Waals surface area contributed by atoms with E-state index in [0.717, 1.165) is 12.1 Å². The first-order valence-electron chi connectivity index (χ1n) is 8.16. The van der Waals surface area contributed by atoms with E-state index in [1.54, 1.807) is 6.07 Å².